The van der Waals surface area contributed by atoms with Gasteiger partial charge in [-0.25, -0.2) is 0 Å². The molecule has 0 saturated carbocycles. The normalized spacial score (nSPS) is 19.7. The van der Waals surface area contributed by atoms with Gasteiger partial charge in [0.1, 0.15) is 0 Å². The van der Waals surface area contributed by atoms with E-state index >= 15 is 0 Å². The van der Waals surface area contributed by atoms with Gasteiger partial charge in [0.15, 0.2) is 0 Å². The fraction of sp³-hybridized carbons (Fsp3) is 0.667. The molecule has 16 heavy (non-hydrogen) atoms. The zero-order valence-electron chi connectivity index (χ0n) is 9.14. The highest BCUT2D eigenvalue weighted by Gasteiger charge is 2.15. The third-order valence-corrected chi connectivity index (χ3v) is 3.72. The number of aromatic nitrogens is 3. The van der Waals surface area contributed by atoms with Gasteiger partial charge in [0.05, 0.1) is 7.11 Å². The molecular weight excluding hydrogens is 226 g/mol. The maximum atomic E-state index is 5.53. The van der Waals surface area contributed by atoms with E-state index in [1.807, 2.05) is 11.8 Å². The number of thioether (sulfide) groups is 1. The molecule has 88 valence electrons. The summed E-state index contributed by atoms with van der Waals surface area (Å²) in [4.78, 5) is 11.9. The molecule has 1 fully saturated rings. The van der Waals surface area contributed by atoms with Crippen LogP contribution in [-0.4, -0.2) is 39.6 Å². The molecule has 0 radical (unpaired) electrons. The van der Waals surface area contributed by atoms with Gasteiger partial charge >= 0.3 is 6.01 Å². The molecule has 6 nitrogen and oxygen atoms in total. The maximum absolute atomic E-state index is 5.53. The van der Waals surface area contributed by atoms with E-state index in [1.54, 1.807) is 0 Å². The Kier molecular flexibility index (Phi) is 3.66. The van der Waals surface area contributed by atoms with Crippen LogP contribution in [0.4, 0.5) is 11.9 Å². The molecule has 7 heteroatoms. The number of anilines is 2. The van der Waals surface area contributed by atoms with Crippen LogP contribution < -0.4 is 15.8 Å². The fourth-order valence-electron chi connectivity index (χ4n) is 1.55. The van der Waals surface area contributed by atoms with Crippen LogP contribution in [0, 0.1) is 0 Å². The van der Waals surface area contributed by atoms with Crippen LogP contribution in [-0.2, 0) is 0 Å². The number of rotatable bonds is 4. The van der Waals surface area contributed by atoms with Crippen LogP contribution in [0.3, 0.4) is 0 Å². The standard InChI is InChI=1S/C9H15N5OS/c1-15-9-13-7(10)12-8(14-9)11-5-6-3-2-4-16-6/h6H,2-5H2,1H3,(H3,10,11,12,13,14). The summed E-state index contributed by atoms with van der Waals surface area (Å²) in [5.74, 6) is 1.90. The smallest absolute Gasteiger partial charge is 0.322 e. The van der Waals surface area contributed by atoms with E-state index in [9.17, 15) is 0 Å². The maximum Gasteiger partial charge on any atom is 0.322 e. The van der Waals surface area contributed by atoms with Crippen molar-refractivity contribution >= 4 is 23.7 Å². The first kappa shape index (κ1) is 11.3. The van der Waals surface area contributed by atoms with Crippen LogP contribution >= 0.6 is 11.8 Å². The average molecular weight is 241 g/mol. The van der Waals surface area contributed by atoms with Crippen LogP contribution in [0.5, 0.6) is 6.01 Å². The second-order valence-electron chi connectivity index (χ2n) is 3.52. The van der Waals surface area contributed by atoms with Gasteiger partial charge in [0.25, 0.3) is 0 Å². The summed E-state index contributed by atoms with van der Waals surface area (Å²) >= 11 is 1.98. The van der Waals surface area contributed by atoms with E-state index in [1.165, 1.54) is 25.7 Å². The van der Waals surface area contributed by atoms with Gasteiger partial charge < -0.3 is 15.8 Å². The molecule has 1 aromatic heterocycles. The molecule has 1 aliphatic heterocycles. The number of nitrogens with one attached hydrogen (secondary N) is 1. The predicted octanol–water partition coefficient (Wildman–Crippen LogP) is 0.770. The first-order valence-corrected chi connectivity index (χ1v) is 6.24. The topological polar surface area (TPSA) is 86.0 Å². The quantitative estimate of drug-likeness (QED) is 0.805. The number of ether oxygens (including phenoxy) is 1. The van der Waals surface area contributed by atoms with Crippen molar-refractivity contribution in [3.63, 3.8) is 0 Å². The van der Waals surface area contributed by atoms with Crippen molar-refractivity contribution in [3.05, 3.63) is 0 Å². The number of hydrogen-bond donors (Lipinski definition) is 2. The molecule has 0 bridgehead atoms. The van der Waals surface area contributed by atoms with Gasteiger partial charge in [0, 0.05) is 11.8 Å². The van der Waals surface area contributed by atoms with E-state index in [-0.39, 0.29) is 12.0 Å². The zero-order valence-corrected chi connectivity index (χ0v) is 9.96. The number of nitrogens with two attached hydrogens (primary N) is 1. The van der Waals surface area contributed by atoms with Crippen molar-refractivity contribution in [1.82, 2.24) is 15.0 Å². The van der Waals surface area contributed by atoms with Crippen LogP contribution in [0.25, 0.3) is 0 Å². The number of methoxy groups -OCH3 is 1. The number of nitrogen functional groups attached to an aromatic ring is 1. The number of hydrogen-bond acceptors (Lipinski definition) is 7. The minimum Gasteiger partial charge on any atom is -0.467 e. The Morgan fingerprint density at radius 3 is 3.06 bits per heavy atom. The lowest BCUT2D eigenvalue weighted by atomic mass is 10.2. The summed E-state index contributed by atoms with van der Waals surface area (Å²) in [6.45, 7) is 0.858. The monoisotopic (exact) mass is 241 g/mol. The van der Waals surface area contributed by atoms with Crippen molar-refractivity contribution in [3.8, 4) is 6.01 Å². The lowest BCUT2D eigenvalue weighted by molar-refractivity contribution is 0.379. The van der Waals surface area contributed by atoms with E-state index in [0.29, 0.717) is 11.2 Å². The summed E-state index contributed by atoms with van der Waals surface area (Å²) in [5.41, 5.74) is 5.53. The molecule has 0 spiro atoms. The first-order chi connectivity index (χ1) is 7.78. The summed E-state index contributed by atoms with van der Waals surface area (Å²) < 4.78 is 4.92. The molecule has 1 atom stereocenters. The SMILES string of the molecule is COc1nc(N)nc(NCC2CCCS2)n1. The van der Waals surface area contributed by atoms with Crippen LogP contribution in [0.15, 0.2) is 0 Å². The van der Waals surface area contributed by atoms with E-state index < -0.39 is 0 Å². The molecule has 2 heterocycles. The summed E-state index contributed by atoms with van der Waals surface area (Å²) in [6.07, 6.45) is 2.54. The Balaban J connectivity index is 1.94. The Morgan fingerprint density at radius 2 is 2.38 bits per heavy atom. The Bertz CT molecular complexity index is 356. The number of nitrogens with zero attached hydrogens (tertiary/aromatic N) is 3. The highest BCUT2D eigenvalue weighted by molar-refractivity contribution is 8.00. The second-order valence-corrected chi connectivity index (χ2v) is 4.93. The summed E-state index contributed by atoms with van der Waals surface area (Å²) in [7, 11) is 1.51. The molecule has 0 aliphatic carbocycles. The third-order valence-electron chi connectivity index (χ3n) is 2.33. The van der Waals surface area contributed by atoms with Gasteiger partial charge in [-0.2, -0.15) is 26.7 Å². The van der Waals surface area contributed by atoms with Gasteiger partial charge in [0.2, 0.25) is 11.9 Å². The molecule has 3 N–H and O–H groups in total. The molecule has 1 aromatic rings. The van der Waals surface area contributed by atoms with Gasteiger partial charge in [-0.05, 0) is 18.6 Å². The van der Waals surface area contributed by atoms with E-state index in [4.69, 9.17) is 10.5 Å². The molecule has 1 saturated heterocycles. The summed E-state index contributed by atoms with van der Waals surface area (Å²) in [6, 6.07) is 0.245. The van der Waals surface area contributed by atoms with Crippen molar-refractivity contribution in [2.24, 2.45) is 0 Å². The van der Waals surface area contributed by atoms with Crippen molar-refractivity contribution in [2.45, 2.75) is 18.1 Å². The van der Waals surface area contributed by atoms with Crippen molar-refractivity contribution < 1.29 is 4.74 Å². The highest BCUT2D eigenvalue weighted by atomic mass is 32.2. The molecule has 2 rings (SSSR count). The largest absolute Gasteiger partial charge is 0.467 e. The third kappa shape index (κ3) is 2.88. The first-order valence-electron chi connectivity index (χ1n) is 5.19. The van der Waals surface area contributed by atoms with E-state index in [0.717, 1.165) is 6.54 Å². The Morgan fingerprint density at radius 1 is 1.50 bits per heavy atom. The minimum atomic E-state index is 0.174. The molecular formula is C9H15N5OS. The lowest BCUT2D eigenvalue weighted by Crippen LogP contribution is -2.16. The van der Waals surface area contributed by atoms with Crippen molar-refractivity contribution in [2.75, 3.05) is 30.5 Å². The second kappa shape index (κ2) is 5.20. The minimum absolute atomic E-state index is 0.174. The fourth-order valence-corrected chi connectivity index (χ4v) is 2.75. The molecule has 0 aromatic carbocycles. The molecule has 1 unspecified atom stereocenters. The van der Waals surface area contributed by atoms with Crippen LogP contribution in [0.1, 0.15) is 12.8 Å². The average Bonchev–Trinajstić information content (AvgIpc) is 2.78. The molecule has 1 aliphatic rings. The predicted molar refractivity (Wildman–Crippen MR) is 64.8 cm³/mol. The van der Waals surface area contributed by atoms with Crippen molar-refractivity contribution in [1.29, 1.82) is 0 Å². The molecule has 0 amide bonds. The lowest BCUT2D eigenvalue weighted by Gasteiger charge is -2.10. The van der Waals surface area contributed by atoms with E-state index in [2.05, 4.69) is 20.3 Å². The van der Waals surface area contributed by atoms with Gasteiger partial charge in [-0.1, -0.05) is 0 Å². The Labute approximate surface area is 98.4 Å². The van der Waals surface area contributed by atoms with Gasteiger partial charge in [-0.15, -0.1) is 0 Å². The zero-order chi connectivity index (χ0) is 11.4. The van der Waals surface area contributed by atoms with Crippen LogP contribution in [0.2, 0.25) is 0 Å². The summed E-state index contributed by atoms with van der Waals surface area (Å²) in [5, 5.41) is 3.80. The Hall–Kier alpha value is -1.24. The van der Waals surface area contributed by atoms with Gasteiger partial charge in [-0.3, -0.25) is 0 Å². The highest BCUT2D eigenvalue weighted by Crippen LogP contribution is 2.26.